The molecule has 33 heavy (non-hydrogen) atoms. The number of thioether (sulfide) groups is 1. The summed E-state index contributed by atoms with van der Waals surface area (Å²) in [5.41, 5.74) is 2.74. The van der Waals surface area contributed by atoms with E-state index >= 15 is 0 Å². The van der Waals surface area contributed by atoms with Crippen LogP contribution in [0.3, 0.4) is 0 Å². The van der Waals surface area contributed by atoms with Gasteiger partial charge in [0.15, 0.2) is 5.16 Å². The van der Waals surface area contributed by atoms with E-state index in [0.717, 1.165) is 23.0 Å². The molecule has 1 amide bonds. The summed E-state index contributed by atoms with van der Waals surface area (Å²) < 4.78 is 7.18. The number of carbonyl (C=O) groups is 2. The molecule has 9 heteroatoms. The molecule has 0 aliphatic heterocycles. The van der Waals surface area contributed by atoms with Gasteiger partial charge < -0.3 is 10.1 Å². The highest BCUT2D eigenvalue weighted by Crippen LogP contribution is 2.25. The van der Waals surface area contributed by atoms with Crippen LogP contribution in [0.2, 0.25) is 0 Å². The van der Waals surface area contributed by atoms with Crippen molar-refractivity contribution in [1.29, 1.82) is 0 Å². The van der Waals surface area contributed by atoms with Gasteiger partial charge in [-0.05, 0) is 49.1 Å². The Morgan fingerprint density at radius 2 is 1.88 bits per heavy atom. The molecule has 4 aromatic rings. The monoisotopic (exact) mass is 479 g/mol. The van der Waals surface area contributed by atoms with Crippen molar-refractivity contribution in [2.75, 3.05) is 17.7 Å². The lowest BCUT2D eigenvalue weighted by molar-refractivity contribution is -0.113. The first-order valence-corrected chi connectivity index (χ1v) is 12.1. The third-order valence-corrected chi connectivity index (χ3v) is 6.66. The zero-order valence-electron chi connectivity index (χ0n) is 18.0. The van der Waals surface area contributed by atoms with Gasteiger partial charge in [-0.2, -0.15) is 0 Å². The number of aryl methyl sites for hydroxylation is 1. The lowest BCUT2D eigenvalue weighted by atomic mass is 10.2. The summed E-state index contributed by atoms with van der Waals surface area (Å²) in [4.78, 5) is 42.8. The van der Waals surface area contributed by atoms with Gasteiger partial charge in [0.05, 0.1) is 34.8 Å². The highest BCUT2D eigenvalue weighted by molar-refractivity contribution is 7.99. The number of hydrogen-bond donors (Lipinski definition) is 1. The smallest absolute Gasteiger partial charge is 0.340 e. The number of amides is 1. The predicted octanol–water partition coefficient (Wildman–Crippen LogP) is 4.66. The van der Waals surface area contributed by atoms with Crippen molar-refractivity contribution < 1.29 is 14.3 Å². The van der Waals surface area contributed by atoms with Crippen LogP contribution in [0, 0.1) is 6.92 Å². The Hall–Kier alpha value is -3.43. The van der Waals surface area contributed by atoms with Gasteiger partial charge in [-0.25, -0.2) is 9.78 Å². The van der Waals surface area contributed by atoms with E-state index in [9.17, 15) is 14.4 Å². The molecule has 0 spiro atoms. The molecule has 0 bridgehead atoms. The van der Waals surface area contributed by atoms with Crippen LogP contribution in [0.1, 0.15) is 22.8 Å². The third kappa shape index (κ3) is 4.84. The minimum atomic E-state index is -0.501. The summed E-state index contributed by atoms with van der Waals surface area (Å²) in [5.74, 6) is -0.822. The van der Waals surface area contributed by atoms with Gasteiger partial charge in [-0.1, -0.05) is 42.1 Å². The van der Waals surface area contributed by atoms with Crippen molar-refractivity contribution in [1.82, 2.24) is 9.55 Å². The maximum absolute atomic E-state index is 13.2. The van der Waals surface area contributed by atoms with Gasteiger partial charge in [0.2, 0.25) is 5.91 Å². The number of benzene rings is 2. The predicted molar refractivity (Wildman–Crippen MR) is 132 cm³/mol. The molecule has 2 heterocycles. The maximum atomic E-state index is 13.2. The van der Waals surface area contributed by atoms with Crippen LogP contribution in [0.15, 0.2) is 69.9 Å². The second-order valence-electron chi connectivity index (χ2n) is 7.06. The van der Waals surface area contributed by atoms with Crippen LogP contribution in [0.25, 0.3) is 15.9 Å². The molecule has 168 valence electrons. The van der Waals surface area contributed by atoms with Crippen molar-refractivity contribution in [2.24, 2.45) is 0 Å². The standard InChI is InChI=1S/C24H21N3O4S2/c1-3-31-23(30)16-9-5-6-10-17(16)25-20(28)14-33-24-26-18-12-13-32-21(18)22(29)27(24)19-11-7-4-8-15(19)2/h4-13H,3,14H2,1-2H3,(H,25,28). The van der Waals surface area contributed by atoms with Crippen molar-refractivity contribution in [3.63, 3.8) is 0 Å². The highest BCUT2D eigenvalue weighted by Gasteiger charge is 2.18. The number of fused-ring (bicyclic) bond motifs is 1. The van der Waals surface area contributed by atoms with Crippen LogP contribution in [-0.2, 0) is 9.53 Å². The van der Waals surface area contributed by atoms with E-state index in [1.807, 2.05) is 36.6 Å². The van der Waals surface area contributed by atoms with E-state index in [4.69, 9.17) is 4.74 Å². The summed E-state index contributed by atoms with van der Waals surface area (Å²) >= 11 is 2.51. The number of anilines is 1. The van der Waals surface area contributed by atoms with Gasteiger partial charge >= 0.3 is 5.97 Å². The Bertz CT molecular complexity index is 1390. The number of carbonyl (C=O) groups excluding carboxylic acids is 2. The first-order valence-electron chi connectivity index (χ1n) is 10.2. The van der Waals surface area contributed by atoms with Crippen LogP contribution in [0.5, 0.6) is 0 Å². The van der Waals surface area contributed by atoms with Crippen molar-refractivity contribution in [3.05, 3.63) is 81.5 Å². The Balaban J connectivity index is 1.61. The lowest BCUT2D eigenvalue weighted by Crippen LogP contribution is -2.23. The van der Waals surface area contributed by atoms with Gasteiger partial charge in [-0.15, -0.1) is 11.3 Å². The molecule has 2 aromatic carbocycles. The number of esters is 1. The summed E-state index contributed by atoms with van der Waals surface area (Å²) in [5, 5.41) is 5.02. The van der Waals surface area contributed by atoms with Crippen LogP contribution >= 0.6 is 23.1 Å². The summed E-state index contributed by atoms with van der Waals surface area (Å²) in [6.07, 6.45) is 0. The van der Waals surface area contributed by atoms with E-state index in [2.05, 4.69) is 10.3 Å². The molecule has 4 rings (SSSR count). The minimum absolute atomic E-state index is 0.00508. The average Bonchev–Trinajstić information content (AvgIpc) is 3.28. The quantitative estimate of drug-likeness (QED) is 0.235. The molecule has 0 unspecified atom stereocenters. The molecule has 7 nitrogen and oxygen atoms in total. The number of ether oxygens (including phenoxy) is 1. The third-order valence-electron chi connectivity index (χ3n) is 4.83. The minimum Gasteiger partial charge on any atom is -0.462 e. The number of nitrogens with one attached hydrogen (secondary N) is 1. The number of thiophene rings is 1. The first kappa shape index (κ1) is 22.8. The van der Waals surface area contributed by atoms with E-state index < -0.39 is 5.97 Å². The summed E-state index contributed by atoms with van der Waals surface area (Å²) in [6, 6.07) is 16.0. The molecule has 0 saturated heterocycles. The van der Waals surface area contributed by atoms with Crippen LogP contribution < -0.4 is 10.9 Å². The van der Waals surface area contributed by atoms with Gasteiger partial charge in [-0.3, -0.25) is 14.2 Å². The van der Waals surface area contributed by atoms with Gasteiger partial charge in [0.1, 0.15) is 4.70 Å². The topological polar surface area (TPSA) is 90.3 Å². The fourth-order valence-electron chi connectivity index (χ4n) is 3.31. The van der Waals surface area contributed by atoms with Crippen LogP contribution in [-0.4, -0.2) is 33.8 Å². The number of aromatic nitrogens is 2. The zero-order valence-corrected chi connectivity index (χ0v) is 19.7. The molecule has 0 fully saturated rings. The number of nitrogens with zero attached hydrogens (tertiary/aromatic N) is 2. The maximum Gasteiger partial charge on any atom is 0.340 e. The van der Waals surface area contributed by atoms with E-state index in [-0.39, 0.29) is 29.4 Å². The highest BCUT2D eigenvalue weighted by atomic mass is 32.2. The zero-order chi connectivity index (χ0) is 23.4. The van der Waals surface area contributed by atoms with Crippen molar-refractivity contribution in [3.8, 4) is 5.69 Å². The summed E-state index contributed by atoms with van der Waals surface area (Å²) in [7, 11) is 0. The van der Waals surface area contributed by atoms with Crippen molar-refractivity contribution >= 4 is 50.9 Å². The fourth-order valence-corrected chi connectivity index (χ4v) is 4.88. The fraction of sp³-hybridized carbons (Fsp3) is 0.167. The average molecular weight is 480 g/mol. The second kappa shape index (κ2) is 10.0. The first-order chi connectivity index (χ1) is 16.0. The molecule has 1 N–H and O–H groups in total. The molecule has 0 radical (unpaired) electrons. The Kier molecular flexibility index (Phi) is 6.90. The van der Waals surface area contributed by atoms with Crippen molar-refractivity contribution in [2.45, 2.75) is 19.0 Å². The van der Waals surface area contributed by atoms with E-state index in [1.54, 1.807) is 41.8 Å². The Morgan fingerprint density at radius 3 is 2.67 bits per heavy atom. The molecular formula is C24H21N3O4S2. The SMILES string of the molecule is CCOC(=O)c1ccccc1NC(=O)CSc1nc2ccsc2c(=O)n1-c1ccccc1C. The van der Waals surface area contributed by atoms with E-state index in [0.29, 0.717) is 21.1 Å². The second-order valence-corrected chi connectivity index (χ2v) is 8.92. The number of rotatable bonds is 7. The van der Waals surface area contributed by atoms with Crippen LogP contribution in [0.4, 0.5) is 5.69 Å². The molecular weight excluding hydrogens is 458 g/mol. The largest absolute Gasteiger partial charge is 0.462 e. The molecule has 0 saturated carbocycles. The normalized spacial score (nSPS) is 10.8. The molecule has 2 aromatic heterocycles. The number of para-hydroxylation sites is 2. The van der Waals surface area contributed by atoms with Gasteiger partial charge in [0.25, 0.3) is 5.56 Å². The lowest BCUT2D eigenvalue weighted by Gasteiger charge is -2.14. The summed E-state index contributed by atoms with van der Waals surface area (Å²) in [6.45, 7) is 3.89. The molecule has 0 aliphatic carbocycles. The molecule has 0 aliphatic rings. The van der Waals surface area contributed by atoms with E-state index in [1.165, 1.54) is 11.3 Å². The Morgan fingerprint density at radius 1 is 1.12 bits per heavy atom. The molecule has 0 atom stereocenters. The number of hydrogen-bond acceptors (Lipinski definition) is 7. The van der Waals surface area contributed by atoms with Gasteiger partial charge in [0, 0.05) is 0 Å². The Labute approximate surface area is 198 Å².